The maximum absolute atomic E-state index is 11.9. The van der Waals surface area contributed by atoms with Crippen LogP contribution >= 0.6 is 0 Å². The first kappa shape index (κ1) is 20.6. The molecule has 7 nitrogen and oxygen atoms in total. The predicted molar refractivity (Wildman–Crippen MR) is 136 cm³/mol. The molecule has 2 heterocycles. The van der Waals surface area contributed by atoms with Crippen LogP contribution in [0.15, 0.2) is 85.2 Å². The maximum atomic E-state index is 11.9. The lowest BCUT2D eigenvalue weighted by atomic mass is 10.0. The number of aromatic nitrogens is 2. The fourth-order valence-electron chi connectivity index (χ4n) is 4.52. The molecule has 35 heavy (non-hydrogen) atoms. The first-order chi connectivity index (χ1) is 17.0. The third kappa shape index (κ3) is 3.38. The maximum Gasteiger partial charge on any atom is 0.335 e. The number of nitrogens with zero attached hydrogens (tertiary/aromatic N) is 2. The molecule has 0 saturated carbocycles. The molecular weight excluding hydrogens is 442 g/mol. The molecule has 2 aromatic heterocycles. The first-order valence-electron chi connectivity index (χ1n) is 10.9. The van der Waals surface area contributed by atoms with E-state index in [0.717, 1.165) is 21.5 Å². The van der Waals surface area contributed by atoms with Crippen LogP contribution in [-0.4, -0.2) is 32.1 Å². The number of carboxylic acid groups (broad SMARTS) is 2. The summed E-state index contributed by atoms with van der Waals surface area (Å²) in [4.78, 5) is 33.1. The molecule has 0 atom stereocenters. The zero-order valence-electron chi connectivity index (χ0n) is 18.2. The van der Waals surface area contributed by atoms with Gasteiger partial charge in [0.25, 0.3) is 0 Å². The Kier molecular flexibility index (Phi) is 4.57. The Bertz CT molecular complexity index is 1710. The minimum Gasteiger partial charge on any atom is -0.478 e. The molecule has 0 aliphatic carbocycles. The van der Waals surface area contributed by atoms with Crippen molar-refractivity contribution in [2.75, 3.05) is 5.32 Å². The Morgan fingerprint density at radius 3 is 1.46 bits per heavy atom. The summed E-state index contributed by atoms with van der Waals surface area (Å²) < 4.78 is 0. The van der Waals surface area contributed by atoms with Gasteiger partial charge >= 0.3 is 11.9 Å². The second-order valence-corrected chi connectivity index (χ2v) is 8.27. The Balaban J connectivity index is 1.65. The summed E-state index contributed by atoms with van der Waals surface area (Å²) in [5, 5.41) is 27.7. The van der Waals surface area contributed by atoms with E-state index in [2.05, 4.69) is 15.3 Å². The molecular formula is C28H17N3O4. The molecule has 7 heteroatoms. The van der Waals surface area contributed by atoms with Gasteiger partial charge in [-0.25, -0.2) is 9.59 Å². The van der Waals surface area contributed by atoms with Gasteiger partial charge < -0.3 is 15.5 Å². The number of benzene rings is 4. The van der Waals surface area contributed by atoms with Crippen LogP contribution in [0.1, 0.15) is 20.7 Å². The highest BCUT2D eigenvalue weighted by Gasteiger charge is 2.17. The van der Waals surface area contributed by atoms with E-state index < -0.39 is 11.9 Å². The average Bonchev–Trinajstić information content (AvgIpc) is 2.88. The molecule has 0 unspecified atom stereocenters. The molecule has 6 aromatic rings. The van der Waals surface area contributed by atoms with Crippen molar-refractivity contribution in [3.63, 3.8) is 0 Å². The van der Waals surface area contributed by atoms with Gasteiger partial charge in [-0.1, -0.05) is 48.5 Å². The number of anilines is 2. The van der Waals surface area contributed by atoms with Crippen molar-refractivity contribution in [3.8, 4) is 0 Å². The topological polar surface area (TPSA) is 112 Å². The third-order valence-corrected chi connectivity index (χ3v) is 6.15. The number of aromatic carboxylic acids is 2. The molecule has 4 aromatic carbocycles. The Hall–Kier alpha value is -5.04. The van der Waals surface area contributed by atoms with Gasteiger partial charge in [0.15, 0.2) is 0 Å². The molecule has 0 aliphatic rings. The number of nitrogens with one attached hydrogen (secondary N) is 1. The minimum atomic E-state index is -1.07. The molecule has 0 radical (unpaired) electrons. The number of rotatable bonds is 4. The van der Waals surface area contributed by atoms with Crippen LogP contribution in [0.25, 0.3) is 43.4 Å². The van der Waals surface area contributed by atoms with Crippen LogP contribution in [-0.2, 0) is 0 Å². The van der Waals surface area contributed by atoms with Gasteiger partial charge in [0.2, 0.25) is 0 Å². The third-order valence-electron chi connectivity index (χ3n) is 6.15. The lowest BCUT2D eigenvalue weighted by Gasteiger charge is -2.15. The lowest BCUT2D eigenvalue weighted by molar-refractivity contribution is 0.0686. The van der Waals surface area contributed by atoms with Crippen molar-refractivity contribution in [2.45, 2.75) is 0 Å². The highest BCUT2D eigenvalue weighted by Crippen LogP contribution is 2.35. The number of pyridine rings is 2. The molecule has 0 amide bonds. The monoisotopic (exact) mass is 459 g/mol. The van der Waals surface area contributed by atoms with Gasteiger partial charge in [0, 0.05) is 33.9 Å². The lowest BCUT2D eigenvalue weighted by Crippen LogP contribution is -2.03. The number of hydrogen-bond donors (Lipinski definition) is 3. The summed E-state index contributed by atoms with van der Waals surface area (Å²) in [6.45, 7) is 0. The fourth-order valence-corrected chi connectivity index (χ4v) is 4.52. The highest BCUT2D eigenvalue weighted by molar-refractivity contribution is 6.15. The largest absolute Gasteiger partial charge is 0.478 e. The van der Waals surface area contributed by atoms with Crippen molar-refractivity contribution in [1.82, 2.24) is 9.97 Å². The summed E-state index contributed by atoms with van der Waals surface area (Å²) in [5.41, 5.74) is 2.23. The first-order valence-corrected chi connectivity index (χ1v) is 10.9. The van der Waals surface area contributed by atoms with E-state index in [-0.39, 0.29) is 11.1 Å². The van der Waals surface area contributed by atoms with Crippen molar-refractivity contribution in [1.29, 1.82) is 0 Å². The zero-order valence-corrected chi connectivity index (χ0v) is 18.2. The number of carboxylic acids is 2. The second kappa shape index (κ2) is 7.78. The summed E-state index contributed by atoms with van der Waals surface area (Å²) >= 11 is 0. The molecule has 6 rings (SSSR count). The van der Waals surface area contributed by atoms with E-state index in [1.54, 1.807) is 24.5 Å². The van der Waals surface area contributed by atoms with E-state index in [9.17, 15) is 19.8 Å². The van der Waals surface area contributed by atoms with E-state index in [1.165, 1.54) is 12.1 Å². The molecule has 0 fully saturated rings. The average molecular weight is 459 g/mol. The van der Waals surface area contributed by atoms with Crippen LogP contribution < -0.4 is 5.32 Å². The Labute approximate surface area is 198 Å². The highest BCUT2D eigenvalue weighted by atomic mass is 16.4. The molecule has 0 saturated heterocycles. The smallest absolute Gasteiger partial charge is 0.335 e. The second-order valence-electron chi connectivity index (χ2n) is 8.27. The van der Waals surface area contributed by atoms with Gasteiger partial charge in [0.1, 0.15) is 0 Å². The molecule has 3 N–H and O–H groups in total. The molecule has 0 spiro atoms. The summed E-state index contributed by atoms with van der Waals surface area (Å²) in [5.74, 6) is -2.15. The van der Waals surface area contributed by atoms with Gasteiger partial charge in [0.05, 0.1) is 33.5 Å². The zero-order chi connectivity index (χ0) is 24.1. The van der Waals surface area contributed by atoms with Gasteiger partial charge in [-0.3, -0.25) is 9.97 Å². The summed E-state index contributed by atoms with van der Waals surface area (Å²) in [6, 6.07) is 21.5. The van der Waals surface area contributed by atoms with E-state index >= 15 is 0 Å². The SMILES string of the molecule is O=C(O)c1cc(Nc2cc(C(=O)O)cc3c2ncc2ccccc23)c2ncc3ccccc3c2c1. The molecule has 0 bridgehead atoms. The van der Waals surface area contributed by atoms with Gasteiger partial charge in [-0.15, -0.1) is 0 Å². The summed E-state index contributed by atoms with van der Waals surface area (Å²) in [7, 11) is 0. The molecule has 0 aliphatic heterocycles. The van der Waals surface area contributed by atoms with Crippen LogP contribution in [0.5, 0.6) is 0 Å². The van der Waals surface area contributed by atoms with Crippen molar-refractivity contribution in [3.05, 3.63) is 96.3 Å². The van der Waals surface area contributed by atoms with Crippen molar-refractivity contribution in [2.24, 2.45) is 0 Å². The van der Waals surface area contributed by atoms with Crippen LogP contribution in [0, 0.1) is 0 Å². The van der Waals surface area contributed by atoms with Crippen LogP contribution in [0.3, 0.4) is 0 Å². The van der Waals surface area contributed by atoms with Crippen molar-refractivity contribution >= 4 is 66.7 Å². The standard InChI is InChI=1S/C28H17N3O4/c32-27(33)17-9-21-19-7-3-1-5-15(19)13-29-25(21)23(11-17)31-24-12-18(28(34)35)10-22-20-8-4-2-6-16(20)14-30-26(22)24/h1-14,31H,(H,32,33)(H,34,35). The van der Waals surface area contributed by atoms with Crippen molar-refractivity contribution < 1.29 is 19.8 Å². The molecule has 168 valence electrons. The number of hydrogen-bond acceptors (Lipinski definition) is 5. The van der Waals surface area contributed by atoms with Gasteiger partial charge in [-0.2, -0.15) is 0 Å². The van der Waals surface area contributed by atoms with E-state index in [0.29, 0.717) is 33.2 Å². The predicted octanol–water partition coefficient (Wildman–Crippen LogP) is 6.23. The minimum absolute atomic E-state index is 0.0928. The fraction of sp³-hybridized carbons (Fsp3) is 0. The van der Waals surface area contributed by atoms with Crippen LogP contribution in [0.4, 0.5) is 11.4 Å². The van der Waals surface area contributed by atoms with E-state index in [4.69, 9.17) is 0 Å². The summed E-state index contributed by atoms with van der Waals surface area (Å²) in [6.07, 6.45) is 3.47. The Morgan fingerprint density at radius 2 is 1.03 bits per heavy atom. The van der Waals surface area contributed by atoms with Crippen LogP contribution in [0.2, 0.25) is 0 Å². The Morgan fingerprint density at radius 1 is 0.600 bits per heavy atom. The number of fused-ring (bicyclic) bond motifs is 6. The normalized spacial score (nSPS) is 11.3. The quantitative estimate of drug-likeness (QED) is 0.268. The van der Waals surface area contributed by atoms with E-state index in [1.807, 2.05) is 48.5 Å². The van der Waals surface area contributed by atoms with Gasteiger partial charge in [-0.05, 0) is 35.0 Å². The number of carbonyl (C=O) groups is 2.